The Labute approximate surface area is 75.4 Å². The van der Waals surface area contributed by atoms with Crippen molar-refractivity contribution >= 4 is 5.78 Å². The molecule has 0 aliphatic rings. The molecule has 0 aliphatic carbocycles. The first-order chi connectivity index (χ1) is 3.13. The molecule has 0 bridgehead atoms. The van der Waals surface area contributed by atoms with Crippen molar-refractivity contribution in [2.45, 2.75) is 6.92 Å². The number of ketones is 1. The van der Waals surface area contributed by atoms with Gasteiger partial charge in [0.2, 0.25) is 0 Å². The fourth-order valence-electron chi connectivity index (χ4n) is 0.287. The third-order valence-electron chi connectivity index (χ3n) is 0.407. The van der Waals surface area contributed by atoms with Gasteiger partial charge >= 0.3 is 0 Å². The van der Waals surface area contributed by atoms with E-state index in [0.29, 0.717) is 5.57 Å². The van der Waals surface area contributed by atoms with Crippen molar-refractivity contribution in [3.8, 4) is 0 Å². The van der Waals surface area contributed by atoms with Crippen LogP contribution in [0.15, 0.2) is 11.6 Å². The molecule has 0 spiro atoms. The third-order valence-corrected chi connectivity index (χ3v) is 0.407. The normalized spacial score (nSPS) is 6.62. The quantitative estimate of drug-likeness (QED) is 0.442. The zero-order valence-corrected chi connectivity index (χ0v) is 7.82. The summed E-state index contributed by atoms with van der Waals surface area (Å²) in [5.41, 5.74) is 0.562. The summed E-state index contributed by atoms with van der Waals surface area (Å²) in [5, 5.41) is 0. The summed E-state index contributed by atoms with van der Waals surface area (Å²) in [5.74, 6) is 0.000000000000000222. The summed E-state index contributed by atoms with van der Waals surface area (Å²) in [4.78, 5) is 10.1. The Balaban J connectivity index is 0. The van der Waals surface area contributed by atoms with Crippen LogP contribution in [-0.4, -0.2) is 5.78 Å². The number of carbonyl (C=O) groups excluding carboxylic acids is 1. The minimum atomic E-state index is 0. The largest absolute Gasteiger partial charge is 0.362 e. The molecular weight excluding hydrogens is 177 g/mol. The minimum Gasteiger partial charge on any atom is -0.362 e. The van der Waals surface area contributed by atoms with Gasteiger partial charge in [-0.25, -0.2) is 6.08 Å². The molecule has 0 aromatic carbocycles. The van der Waals surface area contributed by atoms with Crippen LogP contribution in [0.2, 0.25) is 0 Å². The van der Waals surface area contributed by atoms with Crippen LogP contribution < -0.4 is 0 Å². The van der Waals surface area contributed by atoms with E-state index in [1.165, 1.54) is 13.0 Å². The van der Waals surface area contributed by atoms with Gasteiger partial charge in [0.1, 0.15) is 0 Å². The predicted molar refractivity (Wildman–Crippen MR) is 29.5 cm³/mol. The monoisotopic (exact) mass is 185 g/mol. The van der Waals surface area contributed by atoms with Crippen LogP contribution in [0.5, 0.6) is 0 Å². The van der Waals surface area contributed by atoms with Crippen molar-refractivity contribution < 1.29 is 37.5 Å². The Bertz CT molecular complexity index is 101. The van der Waals surface area contributed by atoms with Crippen molar-refractivity contribution in [2.75, 3.05) is 0 Å². The van der Waals surface area contributed by atoms with Gasteiger partial charge in [0.15, 0.2) is 0 Å². The van der Waals surface area contributed by atoms with Crippen LogP contribution in [0.3, 0.4) is 0 Å². The summed E-state index contributed by atoms with van der Waals surface area (Å²) < 4.78 is 0. The Kier molecular flexibility index (Phi) is 7.48. The van der Waals surface area contributed by atoms with Crippen molar-refractivity contribution in [2.24, 2.45) is 0 Å². The van der Waals surface area contributed by atoms with Crippen LogP contribution in [0.4, 0.5) is 0 Å². The maximum absolute atomic E-state index is 10.1. The molecule has 2 heteroatoms. The van der Waals surface area contributed by atoms with E-state index < -0.39 is 0 Å². The van der Waals surface area contributed by atoms with Crippen molar-refractivity contribution in [1.29, 1.82) is 0 Å². The topological polar surface area (TPSA) is 17.1 Å². The Hall–Kier alpha value is 0.254. The molecule has 1 nitrogen and oxygen atoms in total. The first kappa shape index (κ1) is 11.1. The summed E-state index contributed by atoms with van der Waals surface area (Å²) in [6.45, 7) is 8.28. The third kappa shape index (κ3) is 9.54. The molecule has 0 amide bonds. The van der Waals surface area contributed by atoms with E-state index in [1.54, 1.807) is 0 Å². The summed E-state index contributed by atoms with van der Waals surface area (Å²) in [6.07, 6.45) is 1.39. The maximum Gasteiger partial charge on any atom is 0.0462 e. The molecular formula is C6H8OY-2. The first-order valence-corrected chi connectivity index (χ1v) is 1.99. The average Bonchev–Trinajstić information content (AvgIpc) is 1.27. The van der Waals surface area contributed by atoms with E-state index in [9.17, 15) is 4.79 Å². The van der Waals surface area contributed by atoms with E-state index in [4.69, 9.17) is 0 Å². The fourth-order valence-corrected chi connectivity index (χ4v) is 0.287. The van der Waals surface area contributed by atoms with Gasteiger partial charge in [0.25, 0.3) is 0 Å². The molecule has 0 aromatic rings. The van der Waals surface area contributed by atoms with Crippen LogP contribution in [-0.2, 0) is 37.5 Å². The molecule has 43 valence electrons. The second-order valence-corrected chi connectivity index (χ2v) is 1.41. The number of hydrogen-bond donors (Lipinski definition) is 0. The van der Waals surface area contributed by atoms with Crippen LogP contribution in [0.1, 0.15) is 6.92 Å². The molecule has 0 rings (SSSR count). The van der Waals surface area contributed by atoms with Gasteiger partial charge < -0.3 is 24.2 Å². The minimum absolute atomic E-state index is 0. The molecule has 0 atom stereocenters. The summed E-state index contributed by atoms with van der Waals surface area (Å²) in [7, 11) is 0. The molecule has 0 heterocycles. The van der Waals surface area contributed by atoms with E-state index >= 15 is 0 Å². The summed E-state index contributed by atoms with van der Waals surface area (Å²) in [6, 6.07) is 0. The van der Waals surface area contributed by atoms with Gasteiger partial charge in [0.05, 0.1) is 0 Å². The van der Waals surface area contributed by atoms with Gasteiger partial charge in [-0.15, -0.1) is 0 Å². The molecule has 0 fully saturated rings. The van der Waals surface area contributed by atoms with Crippen molar-refractivity contribution in [3.05, 3.63) is 25.5 Å². The Morgan fingerprint density at radius 3 is 1.88 bits per heavy atom. The smallest absolute Gasteiger partial charge is 0.0462 e. The van der Waals surface area contributed by atoms with Crippen LogP contribution in [0.25, 0.3) is 0 Å². The predicted octanol–water partition coefficient (Wildman–Crippen LogP) is 1.17. The van der Waals surface area contributed by atoms with Gasteiger partial charge in [-0.1, -0.05) is 0 Å². The van der Waals surface area contributed by atoms with Gasteiger partial charge in [0, 0.05) is 38.5 Å². The van der Waals surface area contributed by atoms with E-state index in [-0.39, 0.29) is 38.5 Å². The maximum atomic E-state index is 10.1. The van der Waals surface area contributed by atoms with Gasteiger partial charge in [-0.3, -0.25) is 0 Å². The van der Waals surface area contributed by atoms with E-state index in [1.807, 2.05) is 0 Å². The number of hydrogen-bond acceptors (Lipinski definition) is 1. The molecule has 1 radical (unpaired) electrons. The Morgan fingerprint density at radius 2 is 1.88 bits per heavy atom. The zero-order valence-electron chi connectivity index (χ0n) is 4.98. The van der Waals surface area contributed by atoms with Crippen molar-refractivity contribution in [3.63, 3.8) is 0 Å². The molecule has 8 heavy (non-hydrogen) atoms. The second-order valence-electron chi connectivity index (χ2n) is 1.41. The zero-order chi connectivity index (χ0) is 5.86. The van der Waals surface area contributed by atoms with Gasteiger partial charge in [-0.2, -0.15) is 0 Å². The SMILES string of the molecule is [CH2-]C([CH2-])=CC(C)=O.[Y]. The molecule has 0 aromatic heterocycles. The molecule has 0 saturated heterocycles. The fraction of sp³-hybridized carbons (Fsp3) is 0.167. The van der Waals surface area contributed by atoms with E-state index in [2.05, 4.69) is 13.8 Å². The molecule has 0 aliphatic heterocycles. The summed E-state index contributed by atoms with van der Waals surface area (Å²) >= 11 is 0. The number of allylic oxidation sites excluding steroid dienone is 2. The molecule has 0 saturated carbocycles. The molecule has 0 N–H and O–H groups in total. The second kappa shape index (κ2) is 5.39. The number of carbonyl (C=O) groups is 1. The standard InChI is InChI=1S/C6H8O.Y/c1-5(2)4-6(3)7;/h4H,1-2H2,3H3;/q-2;. The van der Waals surface area contributed by atoms with Crippen LogP contribution in [0, 0.1) is 13.8 Å². The molecule has 0 unspecified atom stereocenters. The van der Waals surface area contributed by atoms with Gasteiger partial charge in [-0.05, 0) is 6.92 Å². The number of rotatable bonds is 1. The Morgan fingerprint density at radius 1 is 1.50 bits per heavy atom. The average molecular weight is 185 g/mol. The van der Waals surface area contributed by atoms with Crippen LogP contribution >= 0.6 is 0 Å². The van der Waals surface area contributed by atoms with Crippen molar-refractivity contribution in [1.82, 2.24) is 0 Å². The van der Waals surface area contributed by atoms with E-state index in [0.717, 1.165) is 0 Å². The first-order valence-electron chi connectivity index (χ1n) is 1.99.